The number of benzene rings is 9. The number of terminal acetylenes is 3. The van der Waals surface area contributed by atoms with Crippen LogP contribution in [0.4, 0.5) is 11.4 Å². The maximum Gasteiger partial charge on any atom is 0.348 e. The van der Waals surface area contributed by atoms with E-state index in [0.717, 1.165) is 22.1 Å². The quantitative estimate of drug-likeness (QED) is 0.0173. The molecule has 524 valence electrons. The highest BCUT2D eigenvalue weighted by molar-refractivity contribution is 6.33. The Balaban J connectivity index is 0.000000202. The Hall–Kier alpha value is -11.5. The van der Waals surface area contributed by atoms with E-state index in [1.807, 2.05) is 84.9 Å². The highest BCUT2D eigenvalue weighted by Crippen LogP contribution is 2.39. The molecule has 10 aromatic rings. The van der Waals surface area contributed by atoms with Gasteiger partial charge in [0, 0.05) is 56.7 Å². The van der Waals surface area contributed by atoms with Crippen molar-refractivity contribution in [2.75, 3.05) is 52.2 Å². The van der Waals surface area contributed by atoms with Crippen LogP contribution in [0.15, 0.2) is 169 Å². The minimum Gasteiger partial charge on any atom is -0.503 e. The molecule has 0 saturated heterocycles. The number of aldehydes is 1. The van der Waals surface area contributed by atoms with Gasteiger partial charge in [-0.2, -0.15) is 4.98 Å². The third kappa shape index (κ3) is 20.3. The number of anilines is 2. The molecule has 9 aromatic carbocycles. The van der Waals surface area contributed by atoms with Gasteiger partial charge in [-0.15, -0.1) is 19.3 Å². The number of ether oxygens (including phenoxy) is 6. The van der Waals surface area contributed by atoms with E-state index >= 15 is 0 Å². The number of nitrogens with two attached hydrogens (primary N) is 1. The number of rotatable bonds is 23. The number of nitrogens with one attached hydrogen (secondary N) is 1. The molecular weight excluding hydrogens is 1360 g/mol. The minimum absolute atomic E-state index is 0.106. The molecule has 20 heteroatoms. The van der Waals surface area contributed by atoms with Gasteiger partial charge in [0.05, 0.1) is 54.2 Å². The van der Waals surface area contributed by atoms with Crippen molar-refractivity contribution in [3.8, 4) is 100 Å². The van der Waals surface area contributed by atoms with Gasteiger partial charge in [-0.05, 0) is 137 Å². The van der Waals surface area contributed by atoms with Gasteiger partial charge in [0.2, 0.25) is 0 Å². The Morgan fingerprint density at radius 2 is 0.971 bits per heavy atom. The summed E-state index contributed by atoms with van der Waals surface area (Å²) in [5.74, 6) is 10.1. The second kappa shape index (κ2) is 37.1. The molecule has 0 saturated carbocycles. The fourth-order valence-corrected chi connectivity index (χ4v) is 10.9. The highest BCUT2D eigenvalue weighted by atomic mass is 35.5. The van der Waals surface area contributed by atoms with Crippen LogP contribution in [0, 0.1) is 37.0 Å². The molecule has 102 heavy (non-hydrogen) atoms. The van der Waals surface area contributed by atoms with E-state index in [-0.39, 0.29) is 87.5 Å². The summed E-state index contributed by atoms with van der Waals surface area (Å²) < 4.78 is 33.2. The van der Waals surface area contributed by atoms with Crippen LogP contribution in [0.1, 0.15) is 129 Å². The van der Waals surface area contributed by atoms with E-state index in [9.17, 15) is 34.5 Å². The molecule has 0 unspecified atom stereocenters. The van der Waals surface area contributed by atoms with Crippen molar-refractivity contribution in [2.24, 2.45) is 0 Å². The third-order valence-electron chi connectivity index (χ3n) is 15.8. The molecule has 0 fully saturated rings. The van der Waals surface area contributed by atoms with Gasteiger partial charge in [-0.3, -0.25) is 19.0 Å². The number of fused-ring (bicyclic) bond motifs is 1. The summed E-state index contributed by atoms with van der Waals surface area (Å²) in [5.41, 5.74) is 16.0. The van der Waals surface area contributed by atoms with Gasteiger partial charge in [0.1, 0.15) is 43.4 Å². The van der Waals surface area contributed by atoms with Crippen molar-refractivity contribution in [1.29, 1.82) is 0 Å². The molecule has 0 atom stereocenters. The molecule has 0 radical (unpaired) electrons. The number of halogens is 3. The van der Waals surface area contributed by atoms with Crippen molar-refractivity contribution in [3.63, 3.8) is 0 Å². The maximum absolute atomic E-state index is 13.4. The topological polar surface area (TPSA) is 240 Å². The number of carbonyl (C=O) groups is 3. The van der Waals surface area contributed by atoms with Crippen molar-refractivity contribution in [1.82, 2.24) is 9.55 Å². The lowest BCUT2D eigenvalue weighted by Crippen LogP contribution is -2.24. The third-order valence-corrected chi connectivity index (χ3v) is 16.7. The monoisotopic (exact) mass is 1430 g/mol. The first kappa shape index (κ1) is 77.8. The second-order valence-electron chi connectivity index (χ2n) is 23.7. The smallest absolute Gasteiger partial charge is 0.348 e. The summed E-state index contributed by atoms with van der Waals surface area (Å²) >= 11 is 17.9. The number of phenols is 3. The molecule has 0 aliphatic heterocycles. The molecule has 0 aliphatic rings. The predicted molar refractivity (Wildman–Crippen MR) is 405 cm³/mol. The van der Waals surface area contributed by atoms with Crippen LogP contribution >= 0.6 is 34.8 Å². The van der Waals surface area contributed by atoms with Gasteiger partial charge >= 0.3 is 5.69 Å². The van der Waals surface area contributed by atoms with Crippen LogP contribution in [0.25, 0.3) is 22.2 Å². The summed E-state index contributed by atoms with van der Waals surface area (Å²) in [6.45, 7) is 13.6. The molecular formula is C82H77Cl3N4O13. The summed E-state index contributed by atoms with van der Waals surface area (Å²) in [4.78, 5) is 54.0. The lowest BCUT2D eigenvalue weighted by molar-refractivity contribution is 0.103. The van der Waals surface area contributed by atoms with E-state index in [2.05, 4.69) is 69.6 Å². The SMILES string of the molecule is C#CCOc1ccc(N)c(C(=O)c2ccc(C(C)C)cc2)c1.C#CCOc1ccc(NCc2cc(Cl)c(O)c(OC)c2)c(C(=O)c2ccc(C(C)C)cc2)c1.C#CCOc1ccc2c(c1)c(-c1ccc(C(C)C)cc1)nc(=O)n2Cc1cc(Cl)c(O)c(OC)c1.COc1cc(C=O)cc(Cl)c1O. The second-order valence-corrected chi connectivity index (χ2v) is 24.9. The van der Waals surface area contributed by atoms with Gasteiger partial charge in [0.25, 0.3) is 0 Å². The average Bonchev–Trinajstić information content (AvgIpc) is 0.764. The Bertz CT molecular complexity index is 4820. The molecule has 17 nitrogen and oxygen atoms in total. The first-order chi connectivity index (χ1) is 48.9. The zero-order chi connectivity index (χ0) is 74.3. The Labute approximate surface area is 608 Å². The number of phenolic OH excluding ortho intramolecular Hbond substituents is 3. The van der Waals surface area contributed by atoms with Gasteiger partial charge < -0.3 is 54.8 Å². The fraction of sp³-hybridized carbons (Fsp3) is 0.207. The number of aromatic nitrogens is 2. The molecule has 6 N–H and O–H groups in total. The Morgan fingerprint density at radius 3 is 1.45 bits per heavy atom. The molecule has 0 bridgehead atoms. The number of aromatic hydroxyl groups is 3. The van der Waals surface area contributed by atoms with Crippen LogP contribution < -0.4 is 45.2 Å². The van der Waals surface area contributed by atoms with Crippen LogP contribution in [0.3, 0.4) is 0 Å². The van der Waals surface area contributed by atoms with E-state index in [0.29, 0.717) is 104 Å². The summed E-state index contributed by atoms with van der Waals surface area (Å²) in [6.07, 6.45) is 16.5. The lowest BCUT2D eigenvalue weighted by atomic mass is 9.97. The van der Waals surface area contributed by atoms with E-state index < -0.39 is 5.69 Å². The summed E-state index contributed by atoms with van der Waals surface area (Å²) in [5, 5.41) is 33.7. The predicted octanol–water partition coefficient (Wildman–Crippen LogP) is 17.1. The minimum atomic E-state index is -0.416. The number of ketones is 2. The summed E-state index contributed by atoms with van der Waals surface area (Å²) in [6, 6.07) is 48.2. The highest BCUT2D eigenvalue weighted by Gasteiger charge is 2.21. The van der Waals surface area contributed by atoms with Gasteiger partial charge in [-0.1, -0.05) is 167 Å². The van der Waals surface area contributed by atoms with Crippen molar-refractivity contribution in [3.05, 3.63) is 245 Å². The molecule has 0 spiro atoms. The molecule has 0 aliphatic carbocycles. The number of methoxy groups -OCH3 is 3. The largest absolute Gasteiger partial charge is 0.503 e. The first-order valence-electron chi connectivity index (χ1n) is 31.9. The lowest BCUT2D eigenvalue weighted by Gasteiger charge is -2.16. The van der Waals surface area contributed by atoms with Crippen molar-refractivity contribution >= 4 is 74.9 Å². The number of hydrogen-bond acceptors (Lipinski definition) is 16. The fourth-order valence-electron chi connectivity index (χ4n) is 10.2. The van der Waals surface area contributed by atoms with Crippen LogP contribution in [0.5, 0.6) is 51.7 Å². The average molecular weight is 1430 g/mol. The Kier molecular flexibility index (Phi) is 28.3. The van der Waals surface area contributed by atoms with Crippen molar-refractivity contribution in [2.45, 2.75) is 72.4 Å². The molecule has 1 heterocycles. The summed E-state index contributed by atoms with van der Waals surface area (Å²) in [7, 11) is 4.29. The Morgan fingerprint density at radius 1 is 0.549 bits per heavy atom. The molecule has 10 rings (SSSR count). The molecule has 0 amide bonds. The van der Waals surface area contributed by atoms with E-state index in [1.54, 1.807) is 71.3 Å². The van der Waals surface area contributed by atoms with Crippen molar-refractivity contribution < 1.29 is 58.1 Å². The van der Waals surface area contributed by atoms with Gasteiger partial charge in [-0.25, -0.2) is 4.79 Å². The van der Waals surface area contributed by atoms with Gasteiger partial charge in [0.15, 0.2) is 46.1 Å². The zero-order valence-corrected chi connectivity index (χ0v) is 60.0. The number of carbonyl (C=O) groups excluding carboxylic acids is 3. The normalized spacial score (nSPS) is 10.5. The first-order valence-corrected chi connectivity index (χ1v) is 33.0. The number of nitrogen functional groups attached to an aromatic ring is 1. The standard InChI is InChI=1S/C28H25ClN2O4.C27H26ClNO4.C19H19NO2.C8H7ClO3/c1-5-12-35-21-10-11-24-22(15-21)26(20-8-6-19(7-9-20)17(2)3)30-28(33)31(24)16-18-13-23(29)27(32)25(14-18)34-4;1-5-12-33-21-10-11-24(29-16-18-13-23(28)27(31)25(14-18)32-4)22(15-21)26(30)20-8-6-19(7-9-20)17(2)3;1-4-11-22-16-9-10-18(20)17(12-16)19(21)15-7-5-14(6-8-15)13(2)3;1-12-7-3-5(4-10)2-6(9)8(7)11/h1,6-11,13-15,17,32H,12,16H2,2-4H3;1,6-11,13-15,17,29,31H,12,16H2,2-4H3;1,5-10,12-13H,11,20H2,2-3H3;2-4,11H,1H3. The zero-order valence-electron chi connectivity index (χ0n) is 57.7. The van der Waals surface area contributed by atoms with Crippen LogP contribution in [-0.4, -0.2) is 83.9 Å². The van der Waals surface area contributed by atoms with E-state index in [1.165, 1.54) is 44.6 Å². The number of hydrogen-bond donors (Lipinski definition) is 5. The number of nitrogens with zero attached hydrogens (tertiary/aromatic N) is 2. The maximum atomic E-state index is 13.4. The van der Waals surface area contributed by atoms with Crippen LogP contribution in [-0.2, 0) is 13.1 Å². The van der Waals surface area contributed by atoms with E-state index in [4.69, 9.17) is 88.2 Å². The molecule has 1 aromatic heterocycles. The van der Waals surface area contributed by atoms with Crippen LogP contribution in [0.2, 0.25) is 15.1 Å².